The number of hydrogen-bond donors (Lipinski definition) is 1. The molecule has 0 bridgehead atoms. The van der Waals surface area contributed by atoms with Crippen LogP contribution in [0.15, 0.2) is 23.3 Å². The fourth-order valence-electron chi connectivity index (χ4n) is 1.18. The van der Waals surface area contributed by atoms with Crippen LogP contribution in [0, 0.1) is 0 Å². The van der Waals surface area contributed by atoms with E-state index in [1.54, 1.807) is 18.2 Å². The minimum atomic E-state index is -0.405. The molecule has 1 amide bonds. The number of anilines is 1. The second-order valence-electron chi connectivity index (χ2n) is 3.04. The fraction of sp³-hybridized carbons (Fsp3) is 0.300. The number of azide groups is 1. The SMILES string of the molecule is COc1cc(NC(=O)CN=[N+]=[N-])cc(OC)c1. The van der Waals surface area contributed by atoms with Crippen LogP contribution in [0.5, 0.6) is 11.5 Å². The largest absolute Gasteiger partial charge is 0.497 e. The molecule has 1 rings (SSSR count). The standard InChI is InChI=1S/C10H12N4O3/c1-16-8-3-7(4-9(5-8)17-2)13-10(15)6-12-14-11/h3-5H,6H2,1-2H3,(H,13,15). The summed E-state index contributed by atoms with van der Waals surface area (Å²) in [6.07, 6.45) is 0. The van der Waals surface area contributed by atoms with Gasteiger partial charge in [-0.1, -0.05) is 5.11 Å². The Labute approximate surface area is 98.0 Å². The van der Waals surface area contributed by atoms with Crippen LogP contribution in [0.4, 0.5) is 5.69 Å². The normalized spacial score (nSPS) is 9.06. The second kappa shape index (κ2) is 6.24. The van der Waals surface area contributed by atoms with Crippen molar-refractivity contribution >= 4 is 11.6 Å². The molecule has 7 heteroatoms. The van der Waals surface area contributed by atoms with Gasteiger partial charge in [-0.3, -0.25) is 4.79 Å². The summed E-state index contributed by atoms with van der Waals surface area (Å²) in [6, 6.07) is 4.95. The summed E-state index contributed by atoms with van der Waals surface area (Å²) in [7, 11) is 3.03. The van der Waals surface area contributed by atoms with E-state index in [1.807, 2.05) is 0 Å². The van der Waals surface area contributed by atoms with Crippen LogP contribution in [0.1, 0.15) is 0 Å². The quantitative estimate of drug-likeness (QED) is 0.480. The summed E-state index contributed by atoms with van der Waals surface area (Å²) >= 11 is 0. The third-order valence-electron chi connectivity index (χ3n) is 1.91. The first-order valence-corrected chi connectivity index (χ1v) is 4.73. The maximum absolute atomic E-state index is 11.3. The molecule has 1 aromatic rings. The van der Waals surface area contributed by atoms with Crippen LogP contribution in [-0.2, 0) is 4.79 Å². The monoisotopic (exact) mass is 236 g/mol. The van der Waals surface area contributed by atoms with E-state index < -0.39 is 5.91 Å². The van der Waals surface area contributed by atoms with E-state index in [0.29, 0.717) is 17.2 Å². The number of carbonyl (C=O) groups excluding carboxylic acids is 1. The second-order valence-corrected chi connectivity index (χ2v) is 3.04. The van der Waals surface area contributed by atoms with Gasteiger partial charge in [0.1, 0.15) is 18.0 Å². The van der Waals surface area contributed by atoms with Gasteiger partial charge in [0.25, 0.3) is 0 Å². The third kappa shape index (κ3) is 3.92. The number of hydrogen-bond acceptors (Lipinski definition) is 4. The topological polar surface area (TPSA) is 96.3 Å². The van der Waals surface area contributed by atoms with Gasteiger partial charge in [-0.2, -0.15) is 0 Å². The van der Waals surface area contributed by atoms with Gasteiger partial charge in [0.15, 0.2) is 0 Å². The van der Waals surface area contributed by atoms with Crippen molar-refractivity contribution in [1.29, 1.82) is 0 Å². The van der Waals surface area contributed by atoms with Crippen molar-refractivity contribution in [2.45, 2.75) is 0 Å². The van der Waals surface area contributed by atoms with Crippen LogP contribution in [-0.4, -0.2) is 26.7 Å². The van der Waals surface area contributed by atoms with E-state index in [1.165, 1.54) is 14.2 Å². The number of carbonyl (C=O) groups is 1. The zero-order valence-electron chi connectivity index (χ0n) is 9.51. The van der Waals surface area contributed by atoms with Crippen LogP contribution >= 0.6 is 0 Å². The summed E-state index contributed by atoms with van der Waals surface area (Å²) in [5.41, 5.74) is 8.60. The van der Waals surface area contributed by atoms with Crippen molar-refractivity contribution in [1.82, 2.24) is 0 Å². The van der Waals surface area contributed by atoms with Crippen molar-refractivity contribution in [3.63, 3.8) is 0 Å². The zero-order valence-corrected chi connectivity index (χ0v) is 9.51. The molecule has 0 saturated heterocycles. The molecule has 7 nitrogen and oxygen atoms in total. The van der Waals surface area contributed by atoms with Crippen molar-refractivity contribution in [3.05, 3.63) is 28.6 Å². The van der Waals surface area contributed by atoms with Gasteiger partial charge in [-0.05, 0) is 5.53 Å². The lowest BCUT2D eigenvalue weighted by molar-refractivity contribution is -0.114. The summed E-state index contributed by atoms with van der Waals surface area (Å²) in [4.78, 5) is 13.8. The number of nitrogens with one attached hydrogen (secondary N) is 1. The summed E-state index contributed by atoms with van der Waals surface area (Å²) in [6.45, 7) is -0.254. The number of methoxy groups -OCH3 is 2. The first kappa shape index (κ1) is 12.7. The highest BCUT2D eigenvalue weighted by Crippen LogP contribution is 2.25. The van der Waals surface area contributed by atoms with Gasteiger partial charge in [-0.15, -0.1) is 0 Å². The average Bonchev–Trinajstić information content (AvgIpc) is 2.35. The van der Waals surface area contributed by atoms with E-state index in [4.69, 9.17) is 15.0 Å². The molecule has 0 heterocycles. The van der Waals surface area contributed by atoms with E-state index in [0.717, 1.165) is 0 Å². The molecule has 0 aliphatic carbocycles. The van der Waals surface area contributed by atoms with Gasteiger partial charge in [-0.25, -0.2) is 0 Å². The van der Waals surface area contributed by atoms with E-state index in [9.17, 15) is 4.79 Å². The molecule has 1 N–H and O–H groups in total. The van der Waals surface area contributed by atoms with Crippen LogP contribution in [0.3, 0.4) is 0 Å². The molecule has 17 heavy (non-hydrogen) atoms. The fourth-order valence-corrected chi connectivity index (χ4v) is 1.18. The predicted octanol–water partition coefficient (Wildman–Crippen LogP) is 1.95. The molecule has 1 aromatic carbocycles. The summed E-state index contributed by atoms with van der Waals surface area (Å²) in [5, 5.41) is 5.72. The Morgan fingerprint density at radius 2 is 1.94 bits per heavy atom. The molecule has 0 aliphatic heterocycles. The van der Waals surface area contributed by atoms with Crippen LogP contribution in [0.25, 0.3) is 10.4 Å². The average molecular weight is 236 g/mol. The van der Waals surface area contributed by atoms with Crippen molar-refractivity contribution in [2.75, 3.05) is 26.1 Å². The minimum absolute atomic E-state index is 0.254. The zero-order chi connectivity index (χ0) is 12.7. The Morgan fingerprint density at radius 1 is 1.35 bits per heavy atom. The van der Waals surface area contributed by atoms with Crippen molar-refractivity contribution in [2.24, 2.45) is 5.11 Å². The lowest BCUT2D eigenvalue weighted by Crippen LogP contribution is -2.14. The summed E-state index contributed by atoms with van der Waals surface area (Å²) < 4.78 is 10.1. The molecular formula is C10H12N4O3. The molecule has 0 aliphatic rings. The highest BCUT2D eigenvalue weighted by atomic mass is 16.5. The first-order chi connectivity index (χ1) is 8.19. The lowest BCUT2D eigenvalue weighted by atomic mass is 10.2. The van der Waals surface area contributed by atoms with Crippen LogP contribution in [0.2, 0.25) is 0 Å². The molecular weight excluding hydrogens is 224 g/mol. The highest BCUT2D eigenvalue weighted by molar-refractivity contribution is 5.92. The van der Waals surface area contributed by atoms with Gasteiger partial charge in [0.2, 0.25) is 5.91 Å². The van der Waals surface area contributed by atoms with E-state index in [2.05, 4.69) is 15.3 Å². The maximum atomic E-state index is 11.3. The predicted molar refractivity (Wildman–Crippen MR) is 62.2 cm³/mol. The molecule has 0 unspecified atom stereocenters. The number of ether oxygens (including phenoxy) is 2. The molecule has 90 valence electrons. The molecule has 0 fully saturated rings. The van der Waals surface area contributed by atoms with Gasteiger partial charge < -0.3 is 14.8 Å². The summed E-state index contributed by atoms with van der Waals surface area (Å²) in [5.74, 6) is 0.713. The molecule has 0 radical (unpaired) electrons. The third-order valence-corrected chi connectivity index (χ3v) is 1.91. The number of nitrogens with zero attached hydrogens (tertiary/aromatic N) is 3. The number of amides is 1. The van der Waals surface area contributed by atoms with Gasteiger partial charge in [0.05, 0.1) is 14.2 Å². The Hall–Kier alpha value is -2.40. The first-order valence-electron chi connectivity index (χ1n) is 4.73. The Balaban J connectivity index is 2.82. The Kier molecular flexibility index (Phi) is 4.65. The van der Waals surface area contributed by atoms with Crippen molar-refractivity contribution in [3.8, 4) is 11.5 Å². The molecule has 0 aromatic heterocycles. The maximum Gasteiger partial charge on any atom is 0.230 e. The smallest absolute Gasteiger partial charge is 0.230 e. The number of benzene rings is 1. The minimum Gasteiger partial charge on any atom is -0.497 e. The molecule has 0 atom stereocenters. The van der Waals surface area contributed by atoms with Gasteiger partial charge >= 0.3 is 0 Å². The Morgan fingerprint density at radius 3 is 2.41 bits per heavy atom. The molecule has 0 saturated carbocycles. The van der Waals surface area contributed by atoms with Crippen molar-refractivity contribution < 1.29 is 14.3 Å². The van der Waals surface area contributed by atoms with Crippen LogP contribution < -0.4 is 14.8 Å². The highest BCUT2D eigenvalue weighted by Gasteiger charge is 2.05. The van der Waals surface area contributed by atoms with Gasteiger partial charge in [0, 0.05) is 28.8 Å². The number of rotatable bonds is 5. The lowest BCUT2D eigenvalue weighted by Gasteiger charge is -2.08. The Bertz CT molecular complexity index is 433. The van der Waals surface area contributed by atoms with E-state index in [-0.39, 0.29) is 6.54 Å². The molecule has 0 spiro atoms. The van der Waals surface area contributed by atoms with E-state index >= 15 is 0 Å².